The van der Waals surface area contributed by atoms with Crippen LogP contribution < -0.4 is 0 Å². The Morgan fingerprint density at radius 2 is 2.16 bits per heavy atom. The molecule has 0 aromatic carbocycles. The SMILES string of the molecule is Cn1ccc(-c2noc(-c3ccc(C#N)cn3)n2)n1. The van der Waals surface area contributed by atoms with Crippen molar-refractivity contribution in [3.8, 4) is 29.2 Å². The monoisotopic (exact) mass is 252 g/mol. The lowest BCUT2D eigenvalue weighted by atomic mass is 10.3. The van der Waals surface area contributed by atoms with E-state index in [-0.39, 0.29) is 0 Å². The van der Waals surface area contributed by atoms with Crippen molar-refractivity contribution in [3.05, 3.63) is 36.2 Å². The van der Waals surface area contributed by atoms with Crippen LogP contribution in [0.15, 0.2) is 35.1 Å². The summed E-state index contributed by atoms with van der Waals surface area (Å²) in [6.07, 6.45) is 3.26. The molecular formula is C12H8N6O. The van der Waals surface area contributed by atoms with Crippen molar-refractivity contribution in [1.29, 1.82) is 5.26 Å². The molecule has 3 rings (SSSR count). The van der Waals surface area contributed by atoms with Gasteiger partial charge in [0, 0.05) is 19.4 Å². The predicted octanol–water partition coefficient (Wildman–Crippen LogP) is 1.40. The third kappa shape index (κ3) is 2.07. The van der Waals surface area contributed by atoms with Gasteiger partial charge < -0.3 is 4.52 Å². The maximum Gasteiger partial charge on any atom is 0.276 e. The highest BCUT2D eigenvalue weighted by atomic mass is 16.5. The summed E-state index contributed by atoms with van der Waals surface area (Å²) in [5.41, 5.74) is 1.63. The molecule has 19 heavy (non-hydrogen) atoms. The van der Waals surface area contributed by atoms with Crippen LogP contribution in [0.3, 0.4) is 0 Å². The highest BCUT2D eigenvalue weighted by Crippen LogP contribution is 2.19. The number of hydrogen-bond acceptors (Lipinski definition) is 6. The minimum atomic E-state index is 0.296. The first kappa shape index (κ1) is 11.1. The topological polar surface area (TPSA) is 93.4 Å². The van der Waals surface area contributed by atoms with Crippen LogP contribution in [0.1, 0.15) is 5.56 Å². The molecule has 3 aromatic rings. The molecule has 0 aliphatic rings. The zero-order valence-electron chi connectivity index (χ0n) is 9.98. The van der Waals surface area contributed by atoms with E-state index in [1.165, 1.54) is 6.20 Å². The van der Waals surface area contributed by atoms with Crippen molar-refractivity contribution < 1.29 is 4.52 Å². The first-order valence-corrected chi connectivity index (χ1v) is 5.46. The molecule has 0 unspecified atom stereocenters. The van der Waals surface area contributed by atoms with Crippen LogP contribution in [0.25, 0.3) is 23.1 Å². The van der Waals surface area contributed by atoms with Crippen LogP contribution in [-0.4, -0.2) is 24.9 Å². The first-order chi connectivity index (χ1) is 9.26. The van der Waals surface area contributed by atoms with Crippen molar-refractivity contribution in [2.45, 2.75) is 0 Å². The number of pyridine rings is 1. The molecule has 92 valence electrons. The van der Waals surface area contributed by atoms with Gasteiger partial charge >= 0.3 is 0 Å². The molecule has 0 aliphatic heterocycles. The predicted molar refractivity (Wildman–Crippen MR) is 64.4 cm³/mol. The summed E-state index contributed by atoms with van der Waals surface area (Å²) in [7, 11) is 1.81. The Kier molecular flexibility index (Phi) is 2.54. The Morgan fingerprint density at radius 1 is 1.26 bits per heavy atom. The molecule has 0 spiro atoms. The third-order valence-corrected chi connectivity index (χ3v) is 2.48. The summed E-state index contributed by atoms with van der Waals surface area (Å²) in [6.45, 7) is 0. The normalized spacial score (nSPS) is 10.3. The highest BCUT2D eigenvalue weighted by Gasteiger charge is 2.13. The van der Waals surface area contributed by atoms with Gasteiger partial charge in [-0.25, -0.2) is 4.98 Å². The lowest BCUT2D eigenvalue weighted by molar-refractivity contribution is 0.430. The summed E-state index contributed by atoms with van der Waals surface area (Å²) in [6, 6.07) is 7.10. The smallest absolute Gasteiger partial charge is 0.276 e. The molecule has 3 heterocycles. The number of nitrogens with zero attached hydrogens (tertiary/aromatic N) is 6. The van der Waals surface area contributed by atoms with Gasteiger partial charge in [0.15, 0.2) is 0 Å². The van der Waals surface area contributed by atoms with E-state index >= 15 is 0 Å². The Bertz CT molecular complexity index is 749. The van der Waals surface area contributed by atoms with Crippen molar-refractivity contribution in [3.63, 3.8) is 0 Å². The van der Waals surface area contributed by atoms with Gasteiger partial charge in [-0.05, 0) is 18.2 Å². The van der Waals surface area contributed by atoms with Gasteiger partial charge in [-0.15, -0.1) is 0 Å². The fraction of sp³-hybridized carbons (Fsp3) is 0.0833. The maximum atomic E-state index is 8.70. The lowest BCUT2D eigenvalue weighted by Gasteiger charge is -1.91. The van der Waals surface area contributed by atoms with E-state index in [0.717, 1.165) is 0 Å². The molecule has 0 saturated carbocycles. The molecule has 3 aromatic heterocycles. The van der Waals surface area contributed by atoms with Gasteiger partial charge in [-0.1, -0.05) is 5.16 Å². The summed E-state index contributed by atoms with van der Waals surface area (Å²) in [5.74, 6) is 0.701. The van der Waals surface area contributed by atoms with E-state index in [9.17, 15) is 0 Å². The van der Waals surface area contributed by atoms with Crippen LogP contribution in [0.4, 0.5) is 0 Å². The lowest BCUT2D eigenvalue weighted by Crippen LogP contribution is -1.89. The second-order valence-corrected chi connectivity index (χ2v) is 3.84. The molecule has 0 amide bonds. The standard InChI is InChI=1S/C12H8N6O/c1-18-5-4-9(16-18)11-15-12(19-17-11)10-3-2-8(6-13)7-14-10/h2-5,7H,1H3. The van der Waals surface area contributed by atoms with Crippen molar-refractivity contribution >= 4 is 0 Å². The van der Waals surface area contributed by atoms with E-state index in [1.807, 2.05) is 13.1 Å². The minimum Gasteiger partial charge on any atom is -0.332 e. The molecule has 0 radical (unpaired) electrons. The second-order valence-electron chi connectivity index (χ2n) is 3.84. The second kappa shape index (κ2) is 4.34. The maximum absolute atomic E-state index is 8.70. The van der Waals surface area contributed by atoms with Gasteiger partial charge in [-0.2, -0.15) is 15.3 Å². The zero-order chi connectivity index (χ0) is 13.2. The molecule has 0 aliphatic carbocycles. The van der Waals surface area contributed by atoms with Gasteiger partial charge in [0.2, 0.25) is 5.82 Å². The zero-order valence-corrected chi connectivity index (χ0v) is 9.98. The van der Waals surface area contributed by atoms with Crippen LogP contribution in [-0.2, 0) is 7.05 Å². The molecule has 0 atom stereocenters. The molecule has 0 N–H and O–H groups in total. The highest BCUT2D eigenvalue weighted by molar-refractivity contribution is 5.54. The van der Waals surface area contributed by atoms with E-state index in [0.29, 0.717) is 28.7 Å². The molecular weight excluding hydrogens is 244 g/mol. The quantitative estimate of drug-likeness (QED) is 0.684. The average Bonchev–Trinajstić information content (AvgIpc) is 3.07. The number of nitriles is 1. The van der Waals surface area contributed by atoms with Gasteiger partial charge in [0.1, 0.15) is 17.5 Å². The van der Waals surface area contributed by atoms with Gasteiger partial charge in [0.05, 0.1) is 5.56 Å². The fourth-order valence-corrected chi connectivity index (χ4v) is 1.55. The number of hydrogen-bond donors (Lipinski definition) is 0. The van der Waals surface area contributed by atoms with Crippen LogP contribution in [0.5, 0.6) is 0 Å². The molecule has 7 heteroatoms. The minimum absolute atomic E-state index is 0.296. The fourth-order valence-electron chi connectivity index (χ4n) is 1.55. The summed E-state index contributed by atoms with van der Waals surface area (Å²) in [4.78, 5) is 8.31. The molecule has 7 nitrogen and oxygen atoms in total. The van der Waals surface area contributed by atoms with Crippen LogP contribution in [0.2, 0.25) is 0 Å². The Labute approximate surface area is 108 Å². The van der Waals surface area contributed by atoms with E-state index in [2.05, 4.69) is 20.2 Å². The Hall–Kier alpha value is -3.01. The number of aryl methyl sites for hydroxylation is 1. The van der Waals surface area contributed by atoms with E-state index < -0.39 is 0 Å². The molecule has 0 bridgehead atoms. The number of rotatable bonds is 2. The first-order valence-electron chi connectivity index (χ1n) is 5.46. The summed E-state index contributed by atoms with van der Waals surface area (Å²) >= 11 is 0. The summed E-state index contributed by atoms with van der Waals surface area (Å²) in [5, 5.41) is 16.7. The van der Waals surface area contributed by atoms with E-state index in [1.54, 1.807) is 29.1 Å². The van der Waals surface area contributed by atoms with E-state index in [4.69, 9.17) is 9.78 Å². The van der Waals surface area contributed by atoms with Crippen molar-refractivity contribution in [2.75, 3.05) is 0 Å². The summed E-state index contributed by atoms with van der Waals surface area (Å²) < 4.78 is 6.79. The Morgan fingerprint density at radius 3 is 2.79 bits per heavy atom. The Balaban J connectivity index is 1.94. The largest absolute Gasteiger partial charge is 0.332 e. The molecule has 0 saturated heterocycles. The van der Waals surface area contributed by atoms with Crippen LogP contribution in [0, 0.1) is 11.3 Å². The molecule has 0 fully saturated rings. The number of aromatic nitrogens is 5. The van der Waals surface area contributed by atoms with Crippen molar-refractivity contribution in [2.24, 2.45) is 7.05 Å². The van der Waals surface area contributed by atoms with Gasteiger partial charge in [-0.3, -0.25) is 4.68 Å². The van der Waals surface area contributed by atoms with Crippen LogP contribution >= 0.6 is 0 Å². The average molecular weight is 252 g/mol. The third-order valence-electron chi connectivity index (χ3n) is 2.48. The van der Waals surface area contributed by atoms with Crippen molar-refractivity contribution in [1.82, 2.24) is 24.9 Å². The van der Waals surface area contributed by atoms with Gasteiger partial charge in [0.25, 0.3) is 5.89 Å².